The molecular formula is C10H17N. The zero-order valence-corrected chi connectivity index (χ0v) is 7.34. The lowest BCUT2D eigenvalue weighted by atomic mass is 9.92. The van der Waals surface area contributed by atoms with E-state index in [2.05, 4.69) is 11.8 Å². The van der Waals surface area contributed by atoms with E-state index in [-0.39, 0.29) is 0 Å². The molecule has 2 saturated heterocycles. The number of fused-ring (bicyclic) bond motifs is 2. The van der Waals surface area contributed by atoms with E-state index in [9.17, 15) is 0 Å². The van der Waals surface area contributed by atoms with Crippen molar-refractivity contribution in [2.45, 2.75) is 38.6 Å². The minimum atomic E-state index is 0.852. The molecule has 1 heteroatoms. The van der Waals surface area contributed by atoms with E-state index in [1.54, 1.807) is 12.8 Å². The predicted molar refractivity (Wildman–Crippen MR) is 45.4 cm³/mol. The smallest absolute Gasteiger partial charge is 0.0155 e. The molecule has 1 aliphatic carbocycles. The Kier molecular flexibility index (Phi) is 1.07. The molecule has 0 aromatic carbocycles. The SMILES string of the molecule is CC1CC2N(CCC23CC3)C1. The van der Waals surface area contributed by atoms with Gasteiger partial charge in [-0.15, -0.1) is 0 Å². The van der Waals surface area contributed by atoms with Crippen LogP contribution in [0.3, 0.4) is 0 Å². The zero-order chi connectivity index (χ0) is 7.47. The fraction of sp³-hybridized carbons (Fsp3) is 1.00. The van der Waals surface area contributed by atoms with Crippen molar-refractivity contribution in [3.63, 3.8) is 0 Å². The van der Waals surface area contributed by atoms with Crippen LogP contribution >= 0.6 is 0 Å². The predicted octanol–water partition coefficient (Wildman–Crippen LogP) is 1.88. The monoisotopic (exact) mass is 151 g/mol. The van der Waals surface area contributed by atoms with Gasteiger partial charge in [-0.2, -0.15) is 0 Å². The molecule has 0 aromatic rings. The molecule has 3 rings (SSSR count). The van der Waals surface area contributed by atoms with Crippen LogP contribution in [0, 0.1) is 11.3 Å². The van der Waals surface area contributed by atoms with Gasteiger partial charge in [0.05, 0.1) is 0 Å². The molecule has 2 unspecified atom stereocenters. The summed E-state index contributed by atoms with van der Waals surface area (Å²) in [5.41, 5.74) is 0.852. The first kappa shape index (κ1) is 6.47. The maximum Gasteiger partial charge on any atom is 0.0155 e. The van der Waals surface area contributed by atoms with E-state index in [1.165, 1.54) is 25.9 Å². The average molecular weight is 151 g/mol. The van der Waals surface area contributed by atoms with Crippen molar-refractivity contribution in [3.8, 4) is 0 Å². The van der Waals surface area contributed by atoms with E-state index < -0.39 is 0 Å². The molecule has 1 nitrogen and oxygen atoms in total. The third kappa shape index (κ3) is 0.752. The summed E-state index contributed by atoms with van der Waals surface area (Å²) in [6.45, 7) is 5.22. The van der Waals surface area contributed by atoms with Gasteiger partial charge in [0.2, 0.25) is 0 Å². The van der Waals surface area contributed by atoms with E-state index in [0.29, 0.717) is 0 Å². The topological polar surface area (TPSA) is 3.24 Å². The van der Waals surface area contributed by atoms with Crippen LogP contribution in [0.5, 0.6) is 0 Å². The second kappa shape index (κ2) is 1.82. The van der Waals surface area contributed by atoms with Crippen LogP contribution in [-0.2, 0) is 0 Å². The van der Waals surface area contributed by atoms with Crippen LogP contribution in [0.2, 0.25) is 0 Å². The van der Waals surface area contributed by atoms with Gasteiger partial charge < -0.3 is 0 Å². The molecule has 2 heterocycles. The summed E-state index contributed by atoms with van der Waals surface area (Å²) in [6.07, 6.45) is 6.10. The van der Waals surface area contributed by atoms with E-state index >= 15 is 0 Å². The lowest BCUT2D eigenvalue weighted by Crippen LogP contribution is -2.26. The van der Waals surface area contributed by atoms with Gasteiger partial charge in [0.15, 0.2) is 0 Å². The molecule has 2 aliphatic heterocycles. The van der Waals surface area contributed by atoms with Gasteiger partial charge >= 0.3 is 0 Å². The minimum Gasteiger partial charge on any atom is -0.300 e. The number of nitrogens with zero attached hydrogens (tertiary/aromatic N) is 1. The lowest BCUT2D eigenvalue weighted by molar-refractivity contribution is 0.280. The van der Waals surface area contributed by atoms with E-state index in [0.717, 1.165) is 17.4 Å². The van der Waals surface area contributed by atoms with Crippen molar-refractivity contribution in [1.82, 2.24) is 4.90 Å². The lowest BCUT2D eigenvalue weighted by Gasteiger charge is -2.18. The maximum absolute atomic E-state index is 2.75. The number of hydrogen-bond acceptors (Lipinski definition) is 1. The van der Waals surface area contributed by atoms with Gasteiger partial charge in [-0.25, -0.2) is 0 Å². The van der Waals surface area contributed by atoms with Crippen LogP contribution in [0.25, 0.3) is 0 Å². The van der Waals surface area contributed by atoms with Crippen molar-refractivity contribution in [2.75, 3.05) is 13.1 Å². The summed E-state index contributed by atoms with van der Waals surface area (Å²) in [5, 5.41) is 0. The normalized spacial score (nSPS) is 46.6. The van der Waals surface area contributed by atoms with Gasteiger partial charge in [-0.3, -0.25) is 4.90 Å². The van der Waals surface area contributed by atoms with Crippen molar-refractivity contribution in [1.29, 1.82) is 0 Å². The van der Waals surface area contributed by atoms with Gasteiger partial charge in [-0.1, -0.05) is 6.92 Å². The first-order chi connectivity index (χ1) is 5.30. The third-order valence-electron chi connectivity index (χ3n) is 4.11. The summed E-state index contributed by atoms with van der Waals surface area (Å²) < 4.78 is 0. The highest BCUT2D eigenvalue weighted by Gasteiger charge is 2.57. The Morgan fingerprint density at radius 3 is 2.82 bits per heavy atom. The summed E-state index contributed by atoms with van der Waals surface area (Å²) in [4.78, 5) is 2.75. The standard InChI is InChI=1S/C10H17N/c1-8-6-9-10(2-3-10)4-5-11(9)7-8/h8-9H,2-7H2,1H3. The molecule has 1 spiro atoms. The Morgan fingerprint density at radius 1 is 1.27 bits per heavy atom. The molecule has 2 atom stereocenters. The summed E-state index contributed by atoms with van der Waals surface area (Å²) >= 11 is 0. The second-order valence-electron chi connectivity index (χ2n) is 4.96. The van der Waals surface area contributed by atoms with Gasteiger partial charge in [-0.05, 0) is 43.6 Å². The molecule has 0 aromatic heterocycles. The van der Waals surface area contributed by atoms with E-state index in [4.69, 9.17) is 0 Å². The van der Waals surface area contributed by atoms with Crippen LogP contribution in [0.1, 0.15) is 32.6 Å². The molecule has 11 heavy (non-hydrogen) atoms. The van der Waals surface area contributed by atoms with E-state index in [1.807, 2.05) is 0 Å². The average Bonchev–Trinajstić information content (AvgIpc) is 2.57. The van der Waals surface area contributed by atoms with Gasteiger partial charge in [0, 0.05) is 12.6 Å². The highest BCUT2D eigenvalue weighted by Crippen LogP contribution is 2.60. The van der Waals surface area contributed by atoms with Crippen LogP contribution in [0.15, 0.2) is 0 Å². The van der Waals surface area contributed by atoms with Crippen molar-refractivity contribution >= 4 is 0 Å². The molecule has 1 saturated carbocycles. The molecule has 0 bridgehead atoms. The Morgan fingerprint density at radius 2 is 2.09 bits per heavy atom. The molecule has 3 aliphatic rings. The Balaban J connectivity index is 1.85. The van der Waals surface area contributed by atoms with Crippen LogP contribution < -0.4 is 0 Å². The Hall–Kier alpha value is -0.0400. The molecule has 0 N–H and O–H groups in total. The molecule has 0 radical (unpaired) electrons. The Bertz CT molecular complexity index is 183. The summed E-state index contributed by atoms with van der Waals surface area (Å²) in [7, 11) is 0. The minimum absolute atomic E-state index is 0.852. The Labute approximate surface area is 68.8 Å². The molecule has 62 valence electrons. The summed E-state index contributed by atoms with van der Waals surface area (Å²) in [5.74, 6) is 0.984. The first-order valence-corrected chi connectivity index (χ1v) is 5.04. The molecular weight excluding hydrogens is 134 g/mol. The number of hydrogen-bond donors (Lipinski definition) is 0. The second-order valence-corrected chi connectivity index (χ2v) is 4.96. The quantitative estimate of drug-likeness (QED) is 0.511. The van der Waals surface area contributed by atoms with Gasteiger partial charge in [0.1, 0.15) is 0 Å². The van der Waals surface area contributed by atoms with Gasteiger partial charge in [0.25, 0.3) is 0 Å². The largest absolute Gasteiger partial charge is 0.300 e. The first-order valence-electron chi connectivity index (χ1n) is 5.04. The maximum atomic E-state index is 2.75. The van der Waals surface area contributed by atoms with Crippen LogP contribution in [-0.4, -0.2) is 24.0 Å². The highest BCUT2D eigenvalue weighted by atomic mass is 15.2. The zero-order valence-electron chi connectivity index (χ0n) is 7.34. The van der Waals surface area contributed by atoms with Crippen molar-refractivity contribution in [3.05, 3.63) is 0 Å². The third-order valence-corrected chi connectivity index (χ3v) is 4.11. The van der Waals surface area contributed by atoms with Crippen LogP contribution in [0.4, 0.5) is 0 Å². The molecule has 3 fully saturated rings. The van der Waals surface area contributed by atoms with Crippen molar-refractivity contribution < 1.29 is 0 Å². The fourth-order valence-corrected chi connectivity index (χ4v) is 3.29. The molecule has 0 amide bonds. The highest BCUT2D eigenvalue weighted by molar-refractivity contribution is 5.10. The van der Waals surface area contributed by atoms with Crippen molar-refractivity contribution in [2.24, 2.45) is 11.3 Å². The summed E-state index contributed by atoms with van der Waals surface area (Å²) in [6, 6.07) is 1.01. The number of rotatable bonds is 0. The fourth-order valence-electron chi connectivity index (χ4n) is 3.29.